The highest BCUT2D eigenvalue weighted by Gasteiger charge is 2.32. The highest BCUT2D eigenvalue weighted by atomic mass is 32.2. The fraction of sp³-hybridized carbons (Fsp3) is 0.900. The number of thioether (sulfide) groups is 1. The van der Waals surface area contributed by atoms with E-state index < -0.39 is 0 Å². The van der Waals surface area contributed by atoms with Gasteiger partial charge in [-0.25, -0.2) is 0 Å². The fourth-order valence-electron chi connectivity index (χ4n) is 1.60. The molecule has 2 fully saturated rings. The molecule has 0 aromatic carbocycles. The maximum Gasteiger partial charge on any atom is 0.156 e. The number of hydrogen-bond acceptors (Lipinski definition) is 2. The quantitative estimate of drug-likeness (QED) is 0.751. The van der Waals surface area contributed by atoms with Crippen molar-refractivity contribution in [3.63, 3.8) is 0 Å². The summed E-state index contributed by atoms with van der Waals surface area (Å²) in [7, 11) is 0. The lowest BCUT2D eigenvalue weighted by Gasteiger charge is -2.04. The van der Waals surface area contributed by atoms with Crippen molar-refractivity contribution in [2.24, 2.45) is 16.8 Å². The van der Waals surface area contributed by atoms with Crippen LogP contribution in [0, 0.1) is 11.8 Å². The Bertz CT molecular complexity index is 215. The average molecular weight is 198 g/mol. The van der Waals surface area contributed by atoms with Crippen molar-refractivity contribution in [3.05, 3.63) is 0 Å². The summed E-state index contributed by atoms with van der Waals surface area (Å²) in [5.41, 5.74) is 0. The minimum absolute atomic E-state index is 0.667. The maximum atomic E-state index is 4.60. The second-order valence-electron chi connectivity index (χ2n) is 4.18. The molecule has 3 heteroatoms. The molecule has 0 spiro atoms. The molecule has 74 valence electrons. The zero-order valence-electron chi connectivity index (χ0n) is 8.42. The number of nitrogens with one attached hydrogen (secondary N) is 1. The summed E-state index contributed by atoms with van der Waals surface area (Å²) in [6, 6.07) is 0.667. The first kappa shape index (κ1) is 9.38. The van der Waals surface area contributed by atoms with Crippen LogP contribution in [0.2, 0.25) is 0 Å². The summed E-state index contributed by atoms with van der Waals surface area (Å²) in [6.45, 7) is 5.59. The first-order valence-corrected chi connectivity index (χ1v) is 6.22. The van der Waals surface area contributed by atoms with E-state index in [9.17, 15) is 0 Å². The molecule has 2 aliphatic rings. The monoisotopic (exact) mass is 198 g/mol. The Morgan fingerprint density at radius 1 is 1.62 bits per heavy atom. The number of amidine groups is 1. The van der Waals surface area contributed by atoms with Crippen molar-refractivity contribution >= 4 is 16.9 Å². The summed E-state index contributed by atoms with van der Waals surface area (Å²) >= 11 is 1.88. The largest absolute Gasteiger partial charge is 0.361 e. The van der Waals surface area contributed by atoms with Gasteiger partial charge in [0.15, 0.2) is 5.17 Å². The van der Waals surface area contributed by atoms with Gasteiger partial charge in [0, 0.05) is 18.3 Å². The molecule has 1 heterocycles. The van der Waals surface area contributed by atoms with Gasteiger partial charge < -0.3 is 5.32 Å². The summed E-state index contributed by atoms with van der Waals surface area (Å²) in [4.78, 5) is 4.60. The van der Waals surface area contributed by atoms with Gasteiger partial charge in [0.25, 0.3) is 0 Å². The van der Waals surface area contributed by atoms with E-state index in [2.05, 4.69) is 24.2 Å². The van der Waals surface area contributed by atoms with Gasteiger partial charge in [-0.1, -0.05) is 25.6 Å². The van der Waals surface area contributed by atoms with E-state index >= 15 is 0 Å². The van der Waals surface area contributed by atoms with E-state index in [-0.39, 0.29) is 0 Å². The molecule has 1 N–H and O–H groups in total. The van der Waals surface area contributed by atoms with Crippen molar-refractivity contribution in [3.8, 4) is 0 Å². The third kappa shape index (κ3) is 2.39. The standard InChI is InChI=1S/C10H18N2S/c1-3-9-6-13-10(12-9)11-5-8-4-7(8)2/h7-9H,3-6H2,1-2H3,(H,11,12). The topological polar surface area (TPSA) is 24.4 Å². The molecule has 2 nitrogen and oxygen atoms in total. The van der Waals surface area contributed by atoms with Crippen LogP contribution in [0.3, 0.4) is 0 Å². The predicted molar refractivity (Wildman–Crippen MR) is 59.2 cm³/mol. The minimum Gasteiger partial charge on any atom is -0.361 e. The summed E-state index contributed by atoms with van der Waals surface area (Å²) in [5.74, 6) is 3.02. The maximum absolute atomic E-state index is 4.60. The molecule has 3 atom stereocenters. The van der Waals surface area contributed by atoms with Crippen molar-refractivity contribution in [2.45, 2.75) is 32.7 Å². The Morgan fingerprint density at radius 2 is 2.38 bits per heavy atom. The van der Waals surface area contributed by atoms with E-state index in [4.69, 9.17) is 0 Å². The number of aliphatic imine (C=N–C) groups is 1. The van der Waals surface area contributed by atoms with Crippen LogP contribution in [-0.2, 0) is 0 Å². The lowest BCUT2D eigenvalue weighted by atomic mass is 10.3. The van der Waals surface area contributed by atoms with Crippen LogP contribution in [0.1, 0.15) is 26.7 Å². The lowest BCUT2D eigenvalue weighted by Crippen LogP contribution is -2.25. The molecular weight excluding hydrogens is 180 g/mol. The van der Waals surface area contributed by atoms with Crippen molar-refractivity contribution in [1.82, 2.24) is 5.32 Å². The lowest BCUT2D eigenvalue weighted by molar-refractivity contribution is 0.664. The van der Waals surface area contributed by atoms with Gasteiger partial charge >= 0.3 is 0 Å². The van der Waals surface area contributed by atoms with E-state index in [1.807, 2.05) is 11.8 Å². The van der Waals surface area contributed by atoms with Crippen LogP contribution in [0.4, 0.5) is 0 Å². The molecule has 0 amide bonds. The molecule has 1 aliphatic heterocycles. The molecule has 1 aliphatic carbocycles. The second-order valence-corrected chi connectivity index (χ2v) is 5.19. The fourth-order valence-corrected chi connectivity index (χ4v) is 2.70. The Hall–Kier alpha value is -0.180. The highest BCUT2D eigenvalue weighted by Crippen LogP contribution is 2.37. The first-order chi connectivity index (χ1) is 6.29. The van der Waals surface area contributed by atoms with Gasteiger partial charge in [-0.2, -0.15) is 0 Å². The molecule has 3 unspecified atom stereocenters. The zero-order valence-corrected chi connectivity index (χ0v) is 9.23. The highest BCUT2D eigenvalue weighted by molar-refractivity contribution is 8.14. The van der Waals surface area contributed by atoms with Gasteiger partial charge in [-0.15, -0.1) is 0 Å². The van der Waals surface area contributed by atoms with E-state index in [0.717, 1.165) is 18.4 Å². The van der Waals surface area contributed by atoms with Crippen LogP contribution in [0.25, 0.3) is 0 Å². The van der Waals surface area contributed by atoms with Gasteiger partial charge in [0.05, 0.1) is 0 Å². The molecule has 13 heavy (non-hydrogen) atoms. The third-order valence-electron chi connectivity index (χ3n) is 2.99. The number of nitrogens with zero attached hydrogens (tertiary/aromatic N) is 1. The molecule has 0 radical (unpaired) electrons. The SMILES string of the molecule is CCC1CSC(=NCC2CC2C)N1. The van der Waals surface area contributed by atoms with E-state index in [1.165, 1.54) is 23.8 Å². The summed E-state index contributed by atoms with van der Waals surface area (Å²) < 4.78 is 0. The van der Waals surface area contributed by atoms with Gasteiger partial charge in [-0.3, -0.25) is 4.99 Å². The van der Waals surface area contributed by atoms with Crippen LogP contribution >= 0.6 is 11.8 Å². The Kier molecular flexibility index (Phi) is 2.82. The Morgan fingerprint density at radius 3 is 2.92 bits per heavy atom. The minimum atomic E-state index is 0.667. The summed E-state index contributed by atoms with van der Waals surface area (Å²) in [6.07, 6.45) is 2.60. The molecular formula is C10H18N2S. The van der Waals surface area contributed by atoms with Crippen LogP contribution in [0.5, 0.6) is 0 Å². The van der Waals surface area contributed by atoms with E-state index in [0.29, 0.717) is 6.04 Å². The third-order valence-corrected chi connectivity index (χ3v) is 4.08. The van der Waals surface area contributed by atoms with Gasteiger partial charge in [0.2, 0.25) is 0 Å². The van der Waals surface area contributed by atoms with Crippen molar-refractivity contribution < 1.29 is 0 Å². The van der Waals surface area contributed by atoms with Crippen LogP contribution < -0.4 is 5.32 Å². The summed E-state index contributed by atoms with van der Waals surface area (Å²) in [5, 5.41) is 4.64. The second kappa shape index (κ2) is 3.91. The molecule has 0 bridgehead atoms. The first-order valence-electron chi connectivity index (χ1n) is 5.23. The Labute approximate surface area is 84.6 Å². The normalized spacial score (nSPS) is 40.8. The van der Waals surface area contributed by atoms with Gasteiger partial charge in [-0.05, 0) is 24.7 Å². The smallest absolute Gasteiger partial charge is 0.156 e. The predicted octanol–water partition coefficient (Wildman–Crippen LogP) is 2.11. The van der Waals surface area contributed by atoms with Crippen LogP contribution in [0.15, 0.2) is 4.99 Å². The van der Waals surface area contributed by atoms with E-state index in [1.54, 1.807) is 0 Å². The molecule has 2 rings (SSSR count). The number of hydrogen-bond donors (Lipinski definition) is 1. The van der Waals surface area contributed by atoms with Crippen molar-refractivity contribution in [2.75, 3.05) is 12.3 Å². The zero-order chi connectivity index (χ0) is 9.26. The Balaban J connectivity index is 1.75. The molecule has 1 saturated heterocycles. The average Bonchev–Trinajstić information content (AvgIpc) is 2.68. The van der Waals surface area contributed by atoms with Crippen molar-refractivity contribution in [1.29, 1.82) is 0 Å². The molecule has 0 aromatic heterocycles. The van der Waals surface area contributed by atoms with Gasteiger partial charge in [0.1, 0.15) is 0 Å². The number of rotatable bonds is 3. The van der Waals surface area contributed by atoms with Crippen LogP contribution in [-0.4, -0.2) is 23.5 Å². The molecule has 0 aromatic rings. The molecule has 1 saturated carbocycles.